The van der Waals surface area contributed by atoms with Gasteiger partial charge in [-0.15, -0.1) is 0 Å². The number of hydrogen-bond donors (Lipinski definition) is 0. The van der Waals surface area contributed by atoms with Gasteiger partial charge in [-0.1, -0.05) is 225 Å². The predicted octanol–water partition coefficient (Wildman–Crippen LogP) is 22.5. The van der Waals surface area contributed by atoms with Crippen LogP contribution in [-0.2, 0) is 0 Å². The molecule has 81 heavy (non-hydrogen) atoms. The van der Waals surface area contributed by atoms with Crippen molar-refractivity contribution < 1.29 is 8.83 Å². The molecule has 394 valence electrons. The summed E-state index contributed by atoms with van der Waals surface area (Å²) in [6, 6.07) is 73.9. The second-order valence-electron chi connectivity index (χ2n) is 21.1. The Balaban J connectivity index is 0.000000751. The highest BCUT2D eigenvalue weighted by Crippen LogP contribution is 2.47. The zero-order valence-electron chi connectivity index (χ0n) is 46.9. The Hall–Kier alpha value is -9.90. The lowest BCUT2D eigenvalue weighted by Gasteiger charge is -2.28. The van der Waals surface area contributed by atoms with E-state index in [2.05, 4.69) is 301 Å². The van der Waals surface area contributed by atoms with Crippen LogP contribution in [0.2, 0.25) is 0 Å². The average Bonchev–Trinajstić information content (AvgIpc) is 4.11. The fourth-order valence-corrected chi connectivity index (χ4v) is 11.5. The molecule has 0 fully saturated rings. The van der Waals surface area contributed by atoms with Crippen LogP contribution >= 0.6 is 0 Å². The molecule has 0 aliphatic heterocycles. The zero-order chi connectivity index (χ0) is 55.6. The first kappa shape index (κ1) is 51.8. The van der Waals surface area contributed by atoms with Crippen molar-refractivity contribution in [2.75, 3.05) is 9.80 Å². The molecular weight excluding hydrogens is 985 g/mol. The quantitative estimate of drug-likeness (QED) is 0.128. The first-order valence-electron chi connectivity index (χ1n) is 27.9. The Labute approximate surface area is 475 Å². The standard InChI is InChI=1S/C69H54N2O2.C8H10/c1-7-49(51-20-10-8-11-21-51)33-31-47(5)70(63-28-16-26-58-56-24-14-18-45(3)66(56)72-68(58)63)61-42-37-50-36-41-60-62(43-38-54(32-30-44(61)2)65(60)48(50)6)71(55-39-34-53(35-40-55)52-22-12-9-13-23-52)64-29-17-27-59-57-25-15-19-46(4)67(57)73-69(59)64;1-8-6-4-2-3-5-7-8/h7-43H,1H2,2-6H3;2-6H,7H2,1H3/b32-30?,42-37?,44-30?,47-31+,49-33+,50-37?,54-32?,61-42?,61-44?;. The molecule has 10 aromatic carbocycles. The molecule has 12 aromatic rings. The number of anilines is 5. The van der Waals surface area contributed by atoms with Crippen LogP contribution in [0.4, 0.5) is 28.4 Å². The fourth-order valence-electron chi connectivity index (χ4n) is 11.5. The number of furan rings is 2. The number of fused-ring (bicyclic) bond motifs is 7. The molecule has 1 aliphatic rings. The van der Waals surface area contributed by atoms with Crippen molar-refractivity contribution in [1.29, 1.82) is 0 Å². The van der Waals surface area contributed by atoms with Crippen molar-refractivity contribution in [1.82, 2.24) is 0 Å². The molecule has 0 N–H and O–H groups in total. The molecule has 4 heteroatoms. The fraction of sp³-hybridized carbons (Fsp3) is 0.0909. The normalized spacial score (nSPS) is 12.7. The van der Waals surface area contributed by atoms with E-state index in [1.165, 1.54) is 22.1 Å². The Bertz CT molecular complexity index is 4560. The molecule has 0 radical (unpaired) electrons. The van der Waals surface area contributed by atoms with Crippen LogP contribution in [0.25, 0.3) is 82.1 Å². The van der Waals surface area contributed by atoms with E-state index < -0.39 is 0 Å². The number of nitrogens with zero attached hydrogens (tertiary/aromatic N) is 2. The number of para-hydroxylation sites is 4. The van der Waals surface area contributed by atoms with Crippen LogP contribution in [0.5, 0.6) is 0 Å². The predicted molar refractivity (Wildman–Crippen MR) is 347 cm³/mol. The van der Waals surface area contributed by atoms with Crippen LogP contribution in [0.1, 0.15) is 48.1 Å². The number of hydrogen-bond acceptors (Lipinski definition) is 4. The summed E-state index contributed by atoms with van der Waals surface area (Å²) in [6.07, 6.45) is 17.9. The van der Waals surface area contributed by atoms with Crippen molar-refractivity contribution >= 4 is 99.4 Å². The summed E-state index contributed by atoms with van der Waals surface area (Å²) < 4.78 is 13.8. The van der Waals surface area contributed by atoms with Gasteiger partial charge in [-0.3, -0.25) is 0 Å². The SMILES string of the molecule is C=C/C(=C\C=C(/C)N(c1ccc2ccc3c(N(c4ccc(-c5ccccc5)cc4)c4cccc5c4oc4c(C)cccc45)ccc(ccc1C)c3c2C)c1cccc2c1oc1c(C)cccc12)c1ccccc1.CC1=CC=CC=CC1. The van der Waals surface area contributed by atoms with Gasteiger partial charge in [0, 0.05) is 44.0 Å². The molecule has 0 spiro atoms. The molecule has 2 heterocycles. The van der Waals surface area contributed by atoms with E-state index in [1.54, 1.807) is 0 Å². The molecular formula is C77H64N2O2. The van der Waals surface area contributed by atoms with Crippen molar-refractivity contribution in [3.05, 3.63) is 301 Å². The zero-order valence-corrected chi connectivity index (χ0v) is 46.9. The number of allylic oxidation sites excluding steroid dienone is 11. The van der Waals surface area contributed by atoms with E-state index in [1.807, 2.05) is 12.1 Å². The number of benzene rings is 9. The summed E-state index contributed by atoms with van der Waals surface area (Å²) in [5.41, 5.74) is 20.0. The van der Waals surface area contributed by atoms with Crippen molar-refractivity contribution in [3.63, 3.8) is 0 Å². The summed E-state index contributed by atoms with van der Waals surface area (Å²) in [4.78, 5) is 4.73. The van der Waals surface area contributed by atoms with Gasteiger partial charge in [0.15, 0.2) is 11.2 Å². The second kappa shape index (κ2) is 22.5. The summed E-state index contributed by atoms with van der Waals surface area (Å²) in [7, 11) is 0. The molecule has 4 nitrogen and oxygen atoms in total. The van der Waals surface area contributed by atoms with E-state index in [0.717, 1.165) is 134 Å². The van der Waals surface area contributed by atoms with Gasteiger partial charge < -0.3 is 18.6 Å². The first-order valence-corrected chi connectivity index (χ1v) is 27.9. The highest BCUT2D eigenvalue weighted by atomic mass is 16.3. The molecule has 13 rings (SSSR count). The van der Waals surface area contributed by atoms with Crippen LogP contribution in [0, 0.1) is 27.7 Å². The molecule has 0 saturated carbocycles. The van der Waals surface area contributed by atoms with Crippen molar-refractivity contribution in [2.24, 2.45) is 0 Å². The van der Waals surface area contributed by atoms with Gasteiger partial charge in [0.25, 0.3) is 0 Å². The second-order valence-corrected chi connectivity index (χ2v) is 21.1. The summed E-state index contributed by atoms with van der Waals surface area (Å²) in [5.74, 6) is 0. The number of rotatable bonds is 10. The Morgan fingerprint density at radius 1 is 0.444 bits per heavy atom. The monoisotopic (exact) mass is 1050 g/mol. The van der Waals surface area contributed by atoms with Crippen molar-refractivity contribution in [3.8, 4) is 11.1 Å². The third-order valence-electron chi connectivity index (χ3n) is 15.8. The molecule has 0 saturated heterocycles. The maximum Gasteiger partial charge on any atom is 0.159 e. The summed E-state index contributed by atoms with van der Waals surface area (Å²) in [5, 5.41) is 9.01. The molecule has 0 amide bonds. The van der Waals surface area contributed by atoms with E-state index in [9.17, 15) is 0 Å². The molecule has 1 aliphatic carbocycles. The molecule has 2 bridgehead atoms. The topological polar surface area (TPSA) is 32.8 Å². The first-order chi connectivity index (χ1) is 39.6. The molecule has 2 aromatic heterocycles. The van der Waals surface area contributed by atoms with Gasteiger partial charge in [-0.2, -0.15) is 0 Å². The van der Waals surface area contributed by atoms with Crippen molar-refractivity contribution in [2.45, 2.75) is 48.0 Å². The molecule has 0 unspecified atom stereocenters. The van der Waals surface area contributed by atoms with E-state index >= 15 is 0 Å². The minimum absolute atomic E-state index is 0.841. The summed E-state index contributed by atoms with van der Waals surface area (Å²) in [6.45, 7) is 17.2. The number of aryl methyl sites for hydroxylation is 4. The lowest BCUT2D eigenvalue weighted by molar-refractivity contribution is 0.665. The Morgan fingerprint density at radius 2 is 1.01 bits per heavy atom. The van der Waals surface area contributed by atoms with E-state index in [-0.39, 0.29) is 0 Å². The minimum Gasteiger partial charge on any atom is -0.454 e. The van der Waals surface area contributed by atoms with Crippen LogP contribution < -0.4 is 9.80 Å². The largest absolute Gasteiger partial charge is 0.454 e. The maximum absolute atomic E-state index is 6.89. The van der Waals surface area contributed by atoms with Gasteiger partial charge in [0.2, 0.25) is 0 Å². The Kier molecular flexibility index (Phi) is 14.4. The van der Waals surface area contributed by atoms with E-state index in [0.29, 0.717) is 0 Å². The van der Waals surface area contributed by atoms with Gasteiger partial charge in [-0.05, 0) is 151 Å². The van der Waals surface area contributed by atoms with E-state index in [4.69, 9.17) is 8.83 Å². The smallest absolute Gasteiger partial charge is 0.159 e. The average molecular weight is 1050 g/mol. The van der Waals surface area contributed by atoms with Gasteiger partial charge in [0.05, 0.1) is 17.1 Å². The minimum atomic E-state index is 0.841. The third-order valence-corrected chi connectivity index (χ3v) is 15.8. The lowest BCUT2D eigenvalue weighted by atomic mass is 9.96. The summed E-state index contributed by atoms with van der Waals surface area (Å²) >= 11 is 0. The third kappa shape index (κ3) is 10.0. The highest BCUT2D eigenvalue weighted by Gasteiger charge is 2.24. The van der Waals surface area contributed by atoms with Gasteiger partial charge in [-0.25, -0.2) is 0 Å². The van der Waals surface area contributed by atoms with Crippen LogP contribution in [0.15, 0.2) is 282 Å². The van der Waals surface area contributed by atoms with Crippen LogP contribution in [-0.4, -0.2) is 0 Å². The van der Waals surface area contributed by atoms with Gasteiger partial charge in [0.1, 0.15) is 11.2 Å². The van der Waals surface area contributed by atoms with Crippen LogP contribution in [0.3, 0.4) is 0 Å². The lowest BCUT2D eigenvalue weighted by Crippen LogP contribution is -2.15. The maximum atomic E-state index is 6.89. The Morgan fingerprint density at radius 3 is 1.69 bits per heavy atom. The highest BCUT2D eigenvalue weighted by molar-refractivity contribution is 6.15. The molecule has 0 atom stereocenters. The van der Waals surface area contributed by atoms with Gasteiger partial charge >= 0.3 is 0 Å².